The second kappa shape index (κ2) is 7.34. The number of carbonyl (C=O) groups excluding carboxylic acids is 1. The summed E-state index contributed by atoms with van der Waals surface area (Å²) in [5, 5.41) is 12.1. The maximum atomic E-state index is 10.9. The highest BCUT2D eigenvalue weighted by atomic mass is 16.3. The molecule has 1 amide bonds. The van der Waals surface area contributed by atoms with Crippen molar-refractivity contribution in [3.63, 3.8) is 0 Å². The van der Waals surface area contributed by atoms with Crippen LogP contribution in [0, 0.1) is 5.92 Å². The molecule has 1 atom stereocenters. The standard InChI is InChI=1S/C19H23N3O2/c1-14(23)20-11-17-4-7-19(21-12-17)22-9-8-16(13-22)10-15-2-5-18(24)6-3-15/h2-7,12,16,24H,8-11,13H2,1H3,(H,20,23). The molecule has 0 bridgehead atoms. The third-order valence-corrected chi connectivity index (χ3v) is 4.42. The smallest absolute Gasteiger partial charge is 0.217 e. The summed E-state index contributed by atoms with van der Waals surface area (Å²) in [7, 11) is 0. The number of anilines is 1. The van der Waals surface area contributed by atoms with Crippen LogP contribution in [0.1, 0.15) is 24.5 Å². The normalized spacial score (nSPS) is 17.0. The van der Waals surface area contributed by atoms with Gasteiger partial charge < -0.3 is 15.3 Å². The number of aromatic nitrogens is 1. The number of hydrogen-bond acceptors (Lipinski definition) is 4. The van der Waals surface area contributed by atoms with Crippen LogP contribution in [0.25, 0.3) is 0 Å². The topological polar surface area (TPSA) is 65.5 Å². The first-order valence-corrected chi connectivity index (χ1v) is 8.32. The molecule has 24 heavy (non-hydrogen) atoms. The fraction of sp³-hybridized carbons (Fsp3) is 0.368. The minimum atomic E-state index is -0.0318. The summed E-state index contributed by atoms with van der Waals surface area (Å²) in [5.74, 6) is 1.89. The molecule has 2 heterocycles. The van der Waals surface area contributed by atoms with Gasteiger partial charge in [0, 0.05) is 32.8 Å². The predicted molar refractivity (Wildman–Crippen MR) is 93.9 cm³/mol. The first-order valence-electron chi connectivity index (χ1n) is 8.32. The molecular formula is C19H23N3O2. The minimum Gasteiger partial charge on any atom is -0.508 e. The third-order valence-electron chi connectivity index (χ3n) is 4.42. The summed E-state index contributed by atoms with van der Waals surface area (Å²) >= 11 is 0. The lowest BCUT2D eigenvalue weighted by atomic mass is 9.99. The molecule has 5 heteroatoms. The van der Waals surface area contributed by atoms with Gasteiger partial charge in [-0.1, -0.05) is 18.2 Å². The number of phenolic OH excluding ortho intramolecular Hbond substituents is 1. The van der Waals surface area contributed by atoms with Crippen LogP contribution in [0.4, 0.5) is 5.82 Å². The number of rotatable bonds is 5. The van der Waals surface area contributed by atoms with Gasteiger partial charge >= 0.3 is 0 Å². The van der Waals surface area contributed by atoms with Crippen LogP contribution in [0.3, 0.4) is 0 Å². The molecule has 2 N–H and O–H groups in total. The summed E-state index contributed by atoms with van der Waals surface area (Å²) in [6.07, 6.45) is 4.01. The Morgan fingerprint density at radius 2 is 2.00 bits per heavy atom. The number of benzene rings is 1. The quantitative estimate of drug-likeness (QED) is 0.886. The lowest BCUT2D eigenvalue weighted by molar-refractivity contribution is -0.119. The van der Waals surface area contributed by atoms with E-state index in [1.54, 1.807) is 12.1 Å². The average Bonchev–Trinajstić information content (AvgIpc) is 3.04. The van der Waals surface area contributed by atoms with Crippen LogP contribution in [-0.2, 0) is 17.8 Å². The number of amides is 1. The van der Waals surface area contributed by atoms with Gasteiger partial charge in [-0.3, -0.25) is 4.79 Å². The zero-order chi connectivity index (χ0) is 16.9. The Bertz CT molecular complexity index is 683. The Kier molecular flexibility index (Phi) is 4.99. The third kappa shape index (κ3) is 4.25. The SMILES string of the molecule is CC(=O)NCc1ccc(N2CCC(Cc3ccc(O)cc3)C2)nc1. The number of nitrogens with one attached hydrogen (secondary N) is 1. The Balaban J connectivity index is 1.55. The highest BCUT2D eigenvalue weighted by molar-refractivity contribution is 5.72. The van der Waals surface area contributed by atoms with Crippen LogP contribution < -0.4 is 10.2 Å². The maximum absolute atomic E-state index is 10.9. The molecule has 126 valence electrons. The highest BCUT2D eigenvalue weighted by Gasteiger charge is 2.23. The van der Waals surface area contributed by atoms with Crippen LogP contribution in [-0.4, -0.2) is 29.1 Å². The second-order valence-electron chi connectivity index (χ2n) is 6.41. The van der Waals surface area contributed by atoms with E-state index in [-0.39, 0.29) is 5.91 Å². The summed E-state index contributed by atoms with van der Waals surface area (Å²) in [4.78, 5) is 17.8. The van der Waals surface area contributed by atoms with Gasteiger partial charge in [0.2, 0.25) is 5.91 Å². The Morgan fingerprint density at radius 3 is 2.67 bits per heavy atom. The van der Waals surface area contributed by atoms with Crippen LogP contribution in [0.5, 0.6) is 5.75 Å². The van der Waals surface area contributed by atoms with E-state index in [1.807, 2.05) is 30.5 Å². The maximum Gasteiger partial charge on any atom is 0.217 e. The van der Waals surface area contributed by atoms with E-state index in [2.05, 4.69) is 15.2 Å². The molecular weight excluding hydrogens is 302 g/mol. The van der Waals surface area contributed by atoms with E-state index < -0.39 is 0 Å². The van der Waals surface area contributed by atoms with E-state index >= 15 is 0 Å². The summed E-state index contributed by atoms with van der Waals surface area (Å²) in [5.41, 5.74) is 2.27. The lowest BCUT2D eigenvalue weighted by Gasteiger charge is -2.18. The van der Waals surface area contributed by atoms with Crippen LogP contribution in [0.15, 0.2) is 42.6 Å². The summed E-state index contributed by atoms with van der Waals surface area (Å²) < 4.78 is 0. The zero-order valence-corrected chi connectivity index (χ0v) is 13.9. The van der Waals surface area contributed by atoms with Crippen LogP contribution >= 0.6 is 0 Å². The largest absolute Gasteiger partial charge is 0.508 e. The molecule has 1 aromatic carbocycles. The molecule has 0 radical (unpaired) electrons. The van der Waals surface area contributed by atoms with Gasteiger partial charge in [0.15, 0.2) is 0 Å². The summed E-state index contributed by atoms with van der Waals surface area (Å²) in [6, 6.07) is 11.5. The van der Waals surface area contributed by atoms with Crippen molar-refractivity contribution in [2.45, 2.75) is 26.3 Å². The highest BCUT2D eigenvalue weighted by Crippen LogP contribution is 2.25. The number of aromatic hydroxyl groups is 1. The Hall–Kier alpha value is -2.56. The minimum absolute atomic E-state index is 0.0318. The predicted octanol–water partition coefficient (Wildman–Crippen LogP) is 2.49. The van der Waals surface area contributed by atoms with Gasteiger partial charge in [-0.15, -0.1) is 0 Å². The average molecular weight is 325 g/mol. The van der Waals surface area contributed by atoms with Crippen molar-refractivity contribution in [1.82, 2.24) is 10.3 Å². The Labute approximate surface area is 142 Å². The molecule has 3 rings (SSSR count). The molecule has 0 saturated carbocycles. The van der Waals surface area contributed by atoms with Gasteiger partial charge in [0.1, 0.15) is 11.6 Å². The monoisotopic (exact) mass is 325 g/mol. The molecule has 2 aromatic rings. The number of phenols is 1. The number of nitrogens with zero attached hydrogens (tertiary/aromatic N) is 2. The summed E-state index contributed by atoms with van der Waals surface area (Å²) in [6.45, 7) is 4.05. The molecule has 5 nitrogen and oxygen atoms in total. The van der Waals surface area contributed by atoms with Gasteiger partial charge in [-0.25, -0.2) is 4.98 Å². The molecule has 1 aromatic heterocycles. The molecule has 0 aliphatic carbocycles. The Morgan fingerprint density at radius 1 is 1.25 bits per heavy atom. The number of pyridine rings is 1. The van der Waals surface area contributed by atoms with Gasteiger partial charge in [0.05, 0.1) is 0 Å². The second-order valence-corrected chi connectivity index (χ2v) is 6.41. The fourth-order valence-corrected chi connectivity index (χ4v) is 3.11. The van der Waals surface area contributed by atoms with Crippen molar-refractivity contribution in [3.8, 4) is 5.75 Å². The van der Waals surface area contributed by atoms with E-state index in [0.29, 0.717) is 18.2 Å². The lowest BCUT2D eigenvalue weighted by Crippen LogP contribution is -2.22. The number of hydrogen-bond donors (Lipinski definition) is 2. The first kappa shape index (κ1) is 16.3. The molecule has 1 fully saturated rings. The van der Waals surface area contributed by atoms with Crippen molar-refractivity contribution in [2.75, 3.05) is 18.0 Å². The zero-order valence-electron chi connectivity index (χ0n) is 13.9. The number of carbonyl (C=O) groups is 1. The van der Waals surface area contributed by atoms with E-state index in [4.69, 9.17) is 0 Å². The van der Waals surface area contributed by atoms with Crippen molar-refractivity contribution in [1.29, 1.82) is 0 Å². The van der Waals surface area contributed by atoms with Crippen molar-refractivity contribution in [2.24, 2.45) is 5.92 Å². The molecule has 1 unspecified atom stereocenters. The van der Waals surface area contributed by atoms with Crippen molar-refractivity contribution < 1.29 is 9.90 Å². The van der Waals surface area contributed by atoms with Gasteiger partial charge in [-0.05, 0) is 48.1 Å². The van der Waals surface area contributed by atoms with Gasteiger partial charge in [0.25, 0.3) is 0 Å². The molecule has 1 aliphatic rings. The fourth-order valence-electron chi connectivity index (χ4n) is 3.11. The van der Waals surface area contributed by atoms with E-state index in [1.165, 1.54) is 12.5 Å². The molecule has 1 saturated heterocycles. The first-order chi connectivity index (χ1) is 11.6. The van der Waals surface area contributed by atoms with E-state index in [0.717, 1.165) is 37.3 Å². The molecule has 1 aliphatic heterocycles. The van der Waals surface area contributed by atoms with Gasteiger partial charge in [-0.2, -0.15) is 0 Å². The molecule has 0 spiro atoms. The van der Waals surface area contributed by atoms with Crippen molar-refractivity contribution >= 4 is 11.7 Å². The van der Waals surface area contributed by atoms with E-state index in [9.17, 15) is 9.90 Å². The van der Waals surface area contributed by atoms with Crippen molar-refractivity contribution in [3.05, 3.63) is 53.7 Å². The van der Waals surface area contributed by atoms with Crippen LogP contribution in [0.2, 0.25) is 0 Å².